The summed E-state index contributed by atoms with van der Waals surface area (Å²) in [4.78, 5) is 2.34. The van der Waals surface area contributed by atoms with E-state index in [1.54, 1.807) is 0 Å². The Balaban J connectivity index is 1.53. The summed E-state index contributed by atoms with van der Waals surface area (Å²) in [5.74, 6) is 0. The normalized spacial score (nSPS) is 19.3. The number of nitrogens with zero attached hydrogens (tertiary/aromatic N) is 1. The van der Waals surface area contributed by atoms with Gasteiger partial charge in [-0.3, -0.25) is 0 Å². The molecule has 1 aromatic rings. The van der Waals surface area contributed by atoms with Gasteiger partial charge in [-0.2, -0.15) is 0 Å². The van der Waals surface area contributed by atoms with Gasteiger partial charge in [0.15, 0.2) is 0 Å². The minimum Gasteiger partial charge on any atom is -0.375 e. The van der Waals surface area contributed by atoms with Crippen molar-refractivity contribution in [3.63, 3.8) is 0 Å². The summed E-state index contributed by atoms with van der Waals surface area (Å²) in [5, 5.41) is 3.41. The third-order valence-corrected chi connectivity index (χ3v) is 3.19. The lowest BCUT2D eigenvalue weighted by molar-refractivity contribution is 0.0943. The quantitative estimate of drug-likeness (QED) is 0.724. The first-order valence-electron chi connectivity index (χ1n) is 6.38. The van der Waals surface area contributed by atoms with Crippen LogP contribution in [-0.4, -0.2) is 44.2 Å². The Morgan fingerprint density at radius 1 is 1.35 bits per heavy atom. The summed E-state index contributed by atoms with van der Waals surface area (Å²) in [7, 11) is 2.16. The Morgan fingerprint density at radius 2 is 2.12 bits per heavy atom. The molecule has 1 heterocycles. The highest BCUT2D eigenvalue weighted by Gasteiger charge is 2.17. The highest BCUT2D eigenvalue weighted by atomic mass is 16.5. The first-order valence-corrected chi connectivity index (χ1v) is 6.38. The second-order valence-corrected chi connectivity index (χ2v) is 4.74. The van der Waals surface area contributed by atoms with Crippen LogP contribution in [0.3, 0.4) is 0 Å². The standard InChI is InChI=1S/C14H22N2O/c1-16(11-14-7-8-15-14)9-10-17-12-13-5-3-2-4-6-13/h2-6,14-15H,7-12H2,1H3. The Kier molecular flexibility index (Phi) is 4.98. The zero-order chi connectivity index (χ0) is 11.9. The molecule has 3 heteroatoms. The summed E-state index contributed by atoms with van der Waals surface area (Å²) in [6.07, 6.45) is 1.31. The molecular weight excluding hydrogens is 212 g/mol. The van der Waals surface area contributed by atoms with E-state index in [4.69, 9.17) is 4.74 Å². The van der Waals surface area contributed by atoms with Crippen LogP contribution in [-0.2, 0) is 11.3 Å². The van der Waals surface area contributed by atoms with E-state index in [0.29, 0.717) is 6.04 Å². The molecule has 94 valence electrons. The predicted molar refractivity (Wildman–Crippen MR) is 70.0 cm³/mol. The fourth-order valence-electron chi connectivity index (χ4n) is 1.96. The summed E-state index contributed by atoms with van der Waals surface area (Å²) in [5.41, 5.74) is 1.25. The van der Waals surface area contributed by atoms with Crippen LogP contribution in [0.4, 0.5) is 0 Å². The molecule has 2 rings (SSSR count). The minimum atomic E-state index is 0.703. The molecule has 1 fully saturated rings. The van der Waals surface area contributed by atoms with Crippen LogP contribution in [0.1, 0.15) is 12.0 Å². The van der Waals surface area contributed by atoms with Crippen LogP contribution in [0, 0.1) is 0 Å². The average Bonchev–Trinajstić information content (AvgIpc) is 2.31. The smallest absolute Gasteiger partial charge is 0.0717 e. The van der Waals surface area contributed by atoms with Crippen molar-refractivity contribution in [1.82, 2.24) is 10.2 Å². The molecule has 0 spiro atoms. The summed E-state index contributed by atoms with van der Waals surface area (Å²) in [6, 6.07) is 11.0. The third-order valence-electron chi connectivity index (χ3n) is 3.19. The maximum atomic E-state index is 5.66. The van der Waals surface area contributed by atoms with Gasteiger partial charge in [0.1, 0.15) is 0 Å². The highest BCUT2D eigenvalue weighted by molar-refractivity contribution is 5.13. The molecule has 0 radical (unpaired) electrons. The number of hydrogen-bond acceptors (Lipinski definition) is 3. The molecular formula is C14H22N2O. The Labute approximate surface area is 104 Å². The van der Waals surface area contributed by atoms with Gasteiger partial charge < -0.3 is 15.0 Å². The lowest BCUT2D eigenvalue weighted by Crippen LogP contribution is -2.49. The van der Waals surface area contributed by atoms with Crippen molar-refractivity contribution in [3.05, 3.63) is 35.9 Å². The van der Waals surface area contributed by atoms with Crippen molar-refractivity contribution >= 4 is 0 Å². The number of likely N-dealkylation sites (N-methyl/N-ethyl adjacent to an activating group) is 1. The van der Waals surface area contributed by atoms with Crippen LogP contribution in [0.15, 0.2) is 30.3 Å². The van der Waals surface area contributed by atoms with Crippen LogP contribution in [0.5, 0.6) is 0 Å². The lowest BCUT2D eigenvalue weighted by Gasteiger charge is -2.31. The topological polar surface area (TPSA) is 24.5 Å². The number of nitrogens with one attached hydrogen (secondary N) is 1. The van der Waals surface area contributed by atoms with Crippen LogP contribution >= 0.6 is 0 Å². The second kappa shape index (κ2) is 6.74. The molecule has 1 saturated heterocycles. The fraction of sp³-hybridized carbons (Fsp3) is 0.571. The summed E-state index contributed by atoms with van der Waals surface area (Å²) >= 11 is 0. The molecule has 1 aromatic carbocycles. The molecule has 1 atom stereocenters. The number of hydrogen-bond donors (Lipinski definition) is 1. The maximum Gasteiger partial charge on any atom is 0.0717 e. The lowest BCUT2D eigenvalue weighted by atomic mass is 10.1. The first-order chi connectivity index (χ1) is 8.34. The van der Waals surface area contributed by atoms with E-state index < -0.39 is 0 Å². The van der Waals surface area contributed by atoms with E-state index in [-0.39, 0.29) is 0 Å². The molecule has 0 bridgehead atoms. The van der Waals surface area contributed by atoms with E-state index in [2.05, 4.69) is 29.4 Å². The largest absolute Gasteiger partial charge is 0.375 e. The predicted octanol–water partition coefficient (Wildman–Crippen LogP) is 1.50. The minimum absolute atomic E-state index is 0.703. The van der Waals surface area contributed by atoms with Gasteiger partial charge in [0.05, 0.1) is 13.2 Å². The molecule has 3 nitrogen and oxygen atoms in total. The molecule has 1 unspecified atom stereocenters. The third kappa shape index (κ3) is 4.46. The van der Waals surface area contributed by atoms with Gasteiger partial charge in [-0.25, -0.2) is 0 Å². The van der Waals surface area contributed by atoms with Crippen molar-refractivity contribution in [2.24, 2.45) is 0 Å². The molecule has 1 N–H and O–H groups in total. The van der Waals surface area contributed by atoms with Crippen LogP contribution in [0.25, 0.3) is 0 Å². The Hall–Kier alpha value is -0.900. The van der Waals surface area contributed by atoms with Gasteiger partial charge in [-0.15, -0.1) is 0 Å². The summed E-state index contributed by atoms with van der Waals surface area (Å²) in [6.45, 7) is 4.84. The van der Waals surface area contributed by atoms with Gasteiger partial charge in [0, 0.05) is 19.1 Å². The molecule has 1 aliphatic heterocycles. The fourth-order valence-corrected chi connectivity index (χ4v) is 1.96. The van der Waals surface area contributed by atoms with Crippen molar-refractivity contribution in [2.75, 3.05) is 33.3 Å². The zero-order valence-corrected chi connectivity index (χ0v) is 10.6. The number of benzene rings is 1. The highest BCUT2D eigenvalue weighted by Crippen LogP contribution is 2.03. The van der Waals surface area contributed by atoms with E-state index >= 15 is 0 Å². The zero-order valence-electron chi connectivity index (χ0n) is 10.6. The molecule has 17 heavy (non-hydrogen) atoms. The van der Waals surface area contributed by atoms with Crippen molar-refractivity contribution in [1.29, 1.82) is 0 Å². The van der Waals surface area contributed by atoms with Crippen LogP contribution < -0.4 is 5.32 Å². The van der Waals surface area contributed by atoms with Gasteiger partial charge in [-0.1, -0.05) is 30.3 Å². The average molecular weight is 234 g/mol. The van der Waals surface area contributed by atoms with Gasteiger partial charge in [-0.05, 0) is 25.6 Å². The monoisotopic (exact) mass is 234 g/mol. The number of ether oxygens (including phenoxy) is 1. The first kappa shape index (κ1) is 12.6. The molecule has 1 aliphatic rings. The van der Waals surface area contributed by atoms with Gasteiger partial charge in [0.25, 0.3) is 0 Å². The van der Waals surface area contributed by atoms with Crippen molar-refractivity contribution in [3.8, 4) is 0 Å². The van der Waals surface area contributed by atoms with Crippen molar-refractivity contribution < 1.29 is 4.74 Å². The molecule has 0 amide bonds. The molecule has 0 aromatic heterocycles. The summed E-state index contributed by atoms with van der Waals surface area (Å²) < 4.78 is 5.66. The van der Waals surface area contributed by atoms with Gasteiger partial charge in [0.2, 0.25) is 0 Å². The maximum absolute atomic E-state index is 5.66. The van der Waals surface area contributed by atoms with E-state index in [9.17, 15) is 0 Å². The Bertz CT molecular complexity index is 311. The van der Waals surface area contributed by atoms with Gasteiger partial charge >= 0.3 is 0 Å². The van der Waals surface area contributed by atoms with Crippen LogP contribution in [0.2, 0.25) is 0 Å². The van der Waals surface area contributed by atoms with Crippen molar-refractivity contribution in [2.45, 2.75) is 19.1 Å². The Morgan fingerprint density at radius 3 is 2.76 bits per heavy atom. The number of rotatable bonds is 7. The van der Waals surface area contributed by atoms with E-state index in [0.717, 1.165) is 26.3 Å². The molecule has 0 aliphatic carbocycles. The van der Waals surface area contributed by atoms with E-state index in [1.165, 1.54) is 18.5 Å². The van der Waals surface area contributed by atoms with E-state index in [1.807, 2.05) is 18.2 Å². The molecule has 0 saturated carbocycles. The second-order valence-electron chi connectivity index (χ2n) is 4.74. The SMILES string of the molecule is CN(CCOCc1ccccc1)CC1CCN1.